The number of furan rings is 1. The molecule has 4 aromatic rings. The fourth-order valence-corrected chi connectivity index (χ4v) is 5.31. The molecule has 0 spiro atoms. The van der Waals surface area contributed by atoms with Gasteiger partial charge in [-0.1, -0.05) is 60.7 Å². The lowest BCUT2D eigenvalue weighted by atomic mass is 9.89. The summed E-state index contributed by atoms with van der Waals surface area (Å²) in [5, 5.41) is 3.53. The quantitative estimate of drug-likeness (QED) is 0.259. The molecule has 0 radical (unpaired) electrons. The first-order valence-corrected chi connectivity index (χ1v) is 13.4. The monoisotopic (exact) mass is 506 g/mol. The Kier molecular flexibility index (Phi) is 7.28. The molecule has 0 amide bonds. The third-order valence-corrected chi connectivity index (χ3v) is 7.48. The predicted molar refractivity (Wildman–Crippen MR) is 151 cm³/mol. The third-order valence-electron chi connectivity index (χ3n) is 7.48. The second kappa shape index (κ2) is 10.8. The molecular formula is C33H34N2O3. The van der Waals surface area contributed by atoms with E-state index in [-0.39, 0.29) is 28.7 Å². The molecule has 5 rings (SSSR count). The van der Waals surface area contributed by atoms with E-state index in [1.165, 1.54) is 6.42 Å². The van der Waals surface area contributed by atoms with Crippen molar-refractivity contribution in [3.05, 3.63) is 105 Å². The van der Waals surface area contributed by atoms with Gasteiger partial charge in [0.2, 0.25) is 5.88 Å². The van der Waals surface area contributed by atoms with Crippen molar-refractivity contribution in [1.82, 2.24) is 4.98 Å². The zero-order valence-corrected chi connectivity index (χ0v) is 22.6. The molecule has 5 heteroatoms. The lowest BCUT2D eigenvalue weighted by Crippen LogP contribution is -2.23. The number of ketones is 2. The smallest absolute Gasteiger partial charge is 0.206 e. The molecule has 0 saturated heterocycles. The van der Waals surface area contributed by atoms with Gasteiger partial charge < -0.3 is 9.73 Å². The first-order valence-electron chi connectivity index (χ1n) is 13.4. The molecule has 1 saturated carbocycles. The molecule has 0 bridgehead atoms. The summed E-state index contributed by atoms with van der Waals surface area (Å²) >= 11 is 0. The first-order chi connectivity index (χ1) is 18.3. The molecule has 2 heterocycles. The Morgan fingerprint density at radius 1 is 0.789 bits per heavy atom. The van der Waals surface area contributed by atoms with Gasteiger partial charge >= 0.3 is 0 Å². The van der Waals surface area contributed by atoms with Gasteiger partial charge in [-0.05, 0) is 75.9 Å². The minimum absolute atomic E-state index is 0.181. The van der Waals surface area contributed by atoms with E-state index in [9.17, 15) is 9.59 Å². The van der Waals surface area contributed by atoms with Gasteiger partial charge in [0.25, 0.3) is 0 Å². The van der Waals surface area contributed by atoms with Crippen LogP contribution < -0.4 is 5.32 Å². The van der Waals surface area contributed by atoms with Gasteiger partial charge in [-0.3, -0.25) is 14.6 Å². The van der Waals surface area contributed by atoms with Crippen molar-refractivity contribution in [2.24, 2.45) is 0 Å². The number of hydrogen-bond donors (Lipinski definition) is 1. The number of aromatic nitrogens is 1. The zero-order valence-electron chi connectivity index (χ0n) is 22.6. The number of nitrogens with zero attached hydrogens (tertiary/aromatic N) is 1. The Labute approximate surface area is 224 Å². The molecule has 2 aromatic heterocycles. The standard InChI is InChI=1S/C33H34N2O3/c1-20-13-15-22(3)25(18-20)30(36)28-29(31(37)26-19-21(2)14-16-23(26)4)33(35-24-10-6-5-7-11-24)38-32(28)27-12-8-9-17-34-27/h8-9,12-19,24,35H,5-7,10-11H2,1-4H3. The van der Waals surface area contributed by atoms with Crippen LogP contribution in [0.2, 0.25) is 0 Å². The van der Waals surface area contributed by atoms with Crippen LogP contribution >= 0.6 is 0 Å². The minimum atomic E-state index is -0.235. The molecule has 0 atom stereocenters. The van der Waals surface area contributed by atoms with Gasteiger partial charge in [0.05, 0.1) is 11.1 Å². The number of carbonyl (C=O) groups excluding carboxylic acids is 2. The fourth-order valence-electron chi connectivity index (χ4n) is 5.31. The van der Waals surface area contributed by atoms with E-state index in [2.05, 4.69) is 10.3 Å². The van der Waals surface area contributed by atoms with Gasteiger partial charge in [-0.2, -0.15) is 0 Å². The first kappa shape index (κ1) is 25.7. The van der Waals surface area contributed by atoms with Crippen LogP contribution in [0.15, 0.2) is 65.2 Å². The Morgan fingerprint density at radius 3 is 1.97 bits per heavy atom. The lowest BCUT2D eigenvalue weighted by molar-refractivity contribution is 0.100. The highest BCUT2D eigenvalue weighted by Gasteiger charge is 2.34. The Hall–Kier alpha value is -3.99. The normalized spacial score (nSPS) is 13.9. The fraction of sp³-hybridized carbons (Fsp3) is 0.303. The summed E-state index contributed by atoms with van der Waals surface area (Å²) in [5.74, 6) is 0.227. The van der Waals surface area contributed by atoms with Crippen molar-refractivity contribution in [3.63, 3.8) is 0 Å². The van der Waals surface area contributed by atoms with Crippen LogP contribution in [0.25, 0.3) is 11.5 Å². The van der Waals surface area contributed by atoms with Crippen LogP contribution in [0.3, 0.4) is 0 Å². The number of aryl methyl sites for hydroxylation is 4. The van der Waals surface area contributed by atoms with Crippen LogP contribution in [0, 0.1) is 27.7 Å². The maximum Gasteiger partial charge on any atom is 0.206 e. The minimum Gasteiger partial charge on any atom is -0.437 e. The average molecular weight is 507 g/mol. The summed E-state index contributed by atoms with van der Waals surface area (Å²) in [5.41, 5.74) is 5.87. The second-order valence-electron chi connectivity index (χ2n) is 10.5. The molecule has 38 heavy (non-hydrogen) atoms. The van der Waals surface area contributed by atoms with Crippen molar-refractivity contribution in [3.8, 4) is 11.5 Å². The summed E-state index contributed by atoms with van der Waals surface area (Å²) in [7, 11) is 0. The number of anilines is 1. The van der Waals surface area contributed by atoms with E-state index in [1.807, 2.05) is 82.3 Å². The van der Waals surface area contributed by atoms with Crippen molar-refractivity contribution < 1.29 is 14.0 Å². The van der Waals surface area contributed by atoms with Crippen molar-refractivity contribution in [2.75, 3.05) is 5.32 Å². The number of benzene rings is 2. The summed E-state index contributed by atoms with van der Waals surface area (Å²) in [6.07, 6.45) is 7.12. The van der Waals surface area contributed by atoms with Gasteiger partial charge in [-0.25, -0.2) is 0 Å². The molecule has 1 aliphatic rings. The molecule has 0 unspecified atom stereocenters. The van der Waals surface area contributed by atoms with E-state index in [4.69, 9.17) is 4.42 Å². The number of pyridine rings is 1. The lowest BCUT2D eigenvalue weighted by Gasteiger charge is -2.23. The molecule has 1 N–H and O–H groups in total. The highest BCUT2D eigenvalue weighted by molar-refractivity contribution is 6.24. The Bertz CT molecular complexity index is 1490. The number of nitrogens with one attached hydrogen (secondary N) is 1. The summed E-state index contributed by atoms with van der Waals surface area (Å²) in [6.45, 7) is 7.77. The van der Waals surface area contributed by atoms with Crippen LogP contribution in [0.4, 0.5) is 5.88 Å². The second-order valence-corrected chi connectivity index (χ2v) is 10.5. The van der Waals surface area contributed by atoms with E-state index in [0.29, 0.717) is 28.5 Å². The van der Waals surface area contributed by atoms with E-state index < -0.39 is 0 Å². The third kappa shape index (κ3) is 5.06. The van der Waals surface area contributed by atoms with Gasteiger partial charge in [0, 0.05) is 23.4 Å². The van der Waals surface area contributed by atoms with E-state index in [0.717, 1.165) is 47.9 Å². The molecule has 1 fully saturated rings. The number of hydrogen-bond acceptors (Lipinski definition) is 5. The van der Waals surface area contributed by atoms with Gasteiger partial charge in [-0.15, -0.1) is 0 Å². The summed E-state index contributed by atoms with van der Waals surface area (Å²) in [6, 6.07) is 17.3. The predicted octanol–water partition coefficient (Wildman–Crippen LogP) is 7.78. The molecule has 5 nitrogen and oxygen atoms in total. The topological polar surface area (TPSA) is 72.2 Å². The van der Waals surface area contributed by atoms with Crippen molar-refractivity contribution in [2.45, 2.75) is 65.8 Å². The molecule has 194 valence electrons. The average Bonchev–Trinajstić information content (AvgIpc) is 3.30. The molecular weight excluding hydrogens is 472 g/mol. The van der Waals surface area contributed by atoms with E-state index in [1.54, 1.807) is 6.20 Å². The SMILES string of the molecule is Cc1ccc(C)c(C(=O)c2c(NC3CCCCC3)oc(-c3ccccn3)c2C(=O)c2cc(C)ccc2C)c1. The number of carbonyl (C=O) groups is 2. The largest absolute Gasteiger partial charge is 0.437 e. The van der Waals surface area contributed by atoms with Crippen molar-refractivity contribution >= 4 is 17.5 Å². The Morgan fingerprint density at radius 2 is 1.39 bits per heavy atom. The number of rotatable bonds is 7. The maximum absolute atomic E-state index is 14.4. The highest BCUT2D eigenvalue weighted by atomic mass is 16.4. The molecule has 2 aromatic carbocycles. The molecule has 1 aliphatic carbocycles. The van der Waals surface area contributed by atoms with Gasteiger partial charge in [0.15, 0.2) is 17.3 Å². The van der Waals surface area contributed by atoms with Crippen LogP contribution in [-0.2, 0) is 0 Å². The van der Waals surface area contributed by atoms with Crippen LogP contribution in [-0.4, -0.2) is 22.6 Å². The summed E-state index contributed by atoms with van der Waals surface area (Å²) < 4.78 is 6.44. The Balaban J connectivity index is 1.77. The maximum atomic E-state index is 14.4. The molecule has 0 aliphatic heterocycles. The summed E-state index contributed by atoms with van der Waals surface area (Å²) in [4.78, 5) is 33.2. The van der Waals surface area contributed by atoms with Crippen molar-refractivity contribution in [1.29, 1.82) is 0 Å². The highest BCUT2D eigenvalue weighted by Crippen LogP contribution is 2.39. The zero-order chi connectivity index (χ0) is 26.8. The van der Waals surface area contributed by atoms with E-state index >= 15 is 0 Å². The van der Waals surface area contributed by atoms with Crippen LogP contribution in [0.5, 0.6) is 0 Å². The van der Waals surface area contributed by atoms with Gasteiger partial charge in [0.1, 0.15) is 5.69 Å². The van der Waals surface area contributed by atoms with Crippen LogP contribution in [0.1, 0.15) is 86.2 Å².